The van der Waals surface area contributed by atoms with Crippen LogP contribution in [0.3, 0.4) is 0 Å². The Morgan fingerprint density at radius 3 is 2.10 bits per heavy atom. The first-order chi connectivity index (χ1) is 9.82. The van der Waals surface area contributed by atoms with Crippen LogP contribution in [-0.4, -0.2) is 24.8 Å². The minimum absolute atomic E-state index is 0.128. The van der Waals surface area contributed by atoms with Gasteiger partial charge in [0.1, 0.15) is 0 Å². The molecule has 2 rings (SSSR count). The van der Waals surface area contributed by atoms with Gasteiger partial charge >= 0.3 is 0 Å². The Bertz CT molecular complexity index is 252. The van der Waals surface area contributed by atoms with E-state index in [1.165, 1.54) is 70.6 Å². The Kier molecular flexibility index (Phi) is 6.83. The summed E-state index contributed by atoms with van der Waals surface area (Å²) in [4.78, 5) is 0. The van der Waals surface area contributed by atoms with Crippen LogP contribution in [0.15, 0.2) is 0 Å². The largest absolute Gasteiger partial charge is 0.374 e. The molecule has 0 amide bonds. The lowest BCUT2D eigenvalue weighted by molar-refractivity contribution is -0.0930. The van der Waals surface area contributed by atoms with E-state index in [2.05, 4.69) is 19.2 Å². The molecule has 0 aliphatic heterocycles. The first kappa shape index (κ1) is 16.3. The zero-order chi connectivity index (χ0) is 14.3. The highest BCUT2D eigenvalue weighted by Crippen LogP contribution is 2.40. The van der Waals surface area contributed by atoms with Gasteiger partial charge in [-0.05, 0) is 45.1 Å². The summed E-state index contributed by atoms with van der Waals surface area (Å²) in [5.41, 5.74) is 0.128. The first-order valence-electron chi connectivity index (χ1n) is 9.19. The number of rotatable bonds is 6. The molecule has 1 N–H and O–H groups in total. The van der Waals surface area contributed by atoms with Crippen LogP contribution in [0, 0.1) is 5.92 Å². The second-order valence-corrected chi connectivity index (χ2v) is 6.85. The van der Waals surface area contributed by atoms with Gasteiger partial charge in [0, 0.05) is 12.6 Å². The minimum atomic E-state index is 0.128. The molecule has 20 heavy (non-hydrogen) atoms. The molecule has 2 nitrogen and oxygen atoms in total. The van der Waals surface area contributed by atoms with Gasteiger partial charge in [-0.25, -0.2) is 0 Å². The molecule has 118 valence electrons. The van der Waals surface area contributed by atoms with Gasteiger partial charge in [0.2, 0.25) is 0 Å². The molecule has 2 aliphatic carbocycles. The van der Waals surface area contributed by atoms with Crippen molar-refractivity contribution in [3.8, 4) is 0 Å². The van der Waals surface area contributed by atoms with Crippen molar-refractivity contribution in [3.05, 3.63) is 0 Å². The summed E-state index contributed by atoms with van der Waals surface area (Å²) < 4.78 is 6.46. The van der Waals surface area contributed by atoms with E-state index in [0.717, 1.165) is 19.1 Å². The molecule has 0 aromatic heterocycles. The van der Waals surface area contributed by atoms with Crippen molar-refractivity contribution in [2.24, 2.45) is 5.92 Å². The predicted octanol–water partition coefficient (Wildman–Crippen LogP) is 4.67. The number of ether oxygens (including phenoxy) is 1. The van der Waals surface area contributed by atoms with Crippen LogP contribution in [0.5, 0.6) is 0 Å². The van der Waals surface area contributed by atoms with Gasteiger partial charge in [0.25, 0.3) is 0 Å². The van der Waals surface area contributed by atoms with Gasteiger partial charge in [0.15, 0.2) is 0 Å². The topological polar surface area (TPSA) is 21.3 Å². The van der Waals surface area contributed by atoms with Crippen molar-refractivity contribution in [3.63, 3.8) is 0 Å². The molecule has 0 heterocycles. The molecule has 0 spiro atoms. The van der Waals surface area contributed by atoms with Crippen molar-refractivity contribution in [2.75, 3.05) is 13.2 Å². The third-order valence-corrected chi connectivity index (χ3v) is 5.49. The van der Waals surface area contributed by atoms with Crippen molar-refractivity contribution in [1.82, 2.24) is 5.32 Å². The fraction of sp³-hybridized carbons (Fsp3) is 1.00. The zero-order valence-electron chi connectivity index (χ0n) is 13.8. The van der Waals surface area contributed by atoms with Crippen molar-refractivity contribution >= 4 is 0 Å². The number of nitrogens with one attached hydrogen (secondary N) is 1. The lowest BCUT2D eigenvalue weighted by atomic mass is 9.73. The summed E-state index contributed by atoms with van der Waals surface area (Å²) >= 11 is 0. The average Bonchev–Trinajstić information content (AvgIpc) is 2.72. The van der Waals surface area contributed by atoms with Crippen LogP contribution in [0.25, 0.3) is 0 Å². The number of likely N-dealkylation sites (N-methyl/N-ethyl adjacent to an activating group) is 1. The number of hydrogen-bond acceptors (Lipinski definition) is 2. The van der Waals surface area contributed by atoms with E-state index in [9.17, 15) is 0 Å². The molecular weight excluding hydrogens is 246 g/mol. The third kappa shape index (κ3) is 3.98. The molecule has 1 atom stereocenters. The van der Waals surface area contributed by atoms with Crippen molar-refractivity contribution in [1.29, 1.82) is 0 Å². The molecule has 2 heteroatoms. The van der Waals surface area contributed by atoms with Crippen LogP contribution in [0.1, 0.15) is 84.5 Å². The van der Waals surface area contributed by atoms with E-state index in [1.54, 1.807) is 0 Å². The fourth-order valence-electron chi connectivity index (χ4n) is 4.63. The molecule has 0 bridgehead atoms. The smallest absolute Gasteiger partial charge is 0.0837 e. The summed E-state index contributed by atoms with van der Waals surface area (Å²) in [6, 6.07) is 0.589. The molecule has 0 aromatic rings. The quantitative estimate of drug-likeness (QED) is 0.714. The van der Waals surface area contributed by atoms with Gasteiger partial charge in [-0.3, -0.25) is 0 Å². The van der Waals surface area contributed by atoms with Crippen LogP contribution in [-0.2, 0) is 4.74 Å². The summed E-state index contributed by atoms with van der Waals surface area (Å²) in [6.07, 6.45) is 15.2. The van der Waals surface area contributed by atoms with Gasteiger partial charge in [0.05, 0.1) is 5.60 Å². The molecule has 0 aromatic carbocycles. The van der Waals surface area contributed by atoms with Crippen LogP contribution < -0.4 is 5.32 Å². The Morgan fingerprint density at radius 2 is 1.55 bits per heavy atom. The second-order valence-electron chi connectivity index (χ2n) is 6.85. The van der Waals surface area contributed by atoms with Gasteiger partial charge < -0.3 is 10.1 Å². The molecule has 2 saturated carbocycles. The zero-order valence-corrected chi connectivity index (χ0v) is 13.8. The monoisotopic (exact) mass is 281 g/mol. The molecule has 1 unspecified atom stereocenters. The van der Waals surface area contributed by atoms with E-state index in [0.29, 0.717) is 6.04 Å². The normalized spacial score (nSPS) is 26.1. The van der Waals surface area contributed by atoms with Crippen molar-refractivity contribution < 1.29 is 4.74 Å². The minimum Gasteiger partial charge on any atom is -0.374 e. The maximum absolute atomic E-state index is 6.46. The van der Waals surface area contributed by atoms with Crippen LogP contribution in [0.2, 0.25) is 0 Å². The molecule has 0 radical (unpaired) electrons. The molecule has 2 aliphatic rings. The highest BCUT2D eigenvalue weighted by atomic mass is 16.5. The van der Waals surface area contributed by atoms with Crippen LogP contribution >= 0.6 is 0 Å². The summed E-state index contributed by atoms with van der Waals surface area (Å²) in [5, 5.41) is 3.85. The Balaban J connectivity index is 2.15. The van der Waals surface area contributed by atoms with Gasteiger partial charge in [-0.15, -0.1) is 0 Å². The Labute approximate surface area is 126 Å². The highest BCUT2D eigenvalue weighted by Gasteiger charge is 2.43. The van der Waals surface area contributed by atoms with Crippen LogP contribution in [0.4, 0.5) is 0 Å². The summed E-state index contributed by atoms with van der Waals surface area (Å²) in [7, 11) is 0. The predicted molar refractivity (Wildman–Crippen MR) is 86.1 cm³/mol. The highest BCUT2D eigenvalue weighted by molar-refractivity contribution is 4.98. The average molecular weight is 281 g/mol. The van der Waals surface area contributed by atoms with E-state index < -0.39 is 0 Å². The Hall–Kier alpha value is -0.0800. The SMILES string of the molecule is CCNC(C1CCCCC1)C1(OCC)CCCCCC1. The lowest BCUT2D eigenvalue weighted by Gasteiger charge is -2.45. The fourth-order valence-corrected chi connectivity index (χ4v) is 4.63. The second kappa shape index (κ2) is 8.38. The van der Waals surface area contributed by atoms with Crippen molar-refractivity contribution in [2.45, 2.75) is 96.1 Å². The summed E-state index contributed by atoms with van der Waals surface area (Å²) in [6.45, 7) is 6.38. The Morgan fingerprint density at radius 1 is 0.950 bits per heavy atom. The van der Waals surface area contributed by atoms with E-state index in [-0.39, 0.29) is 5.60 Å². The third-order valence-electron chi connectivity index (χ3n) is 5.49. The maximum atomic E-state index is 6.46. The van der Waals surface area contributed by atoms with E-state index in [4.69, 9.17) is 4.74 Å². The molecular formula is C18H35NO. The molecule has 2 fully saturated rings. The maximum Gasteiger partial charge on any atom is 0.0837 e. The van der Waals surface area contributed by atoms with E-state index >= 15 is 0 Å². The number of hydrogen-bond donors (Lipinski definition) is 1. The lowest BCUT2D eigenvalue weighted by Crippen LogP contribution is -2.56. The van der Waals surface area contributed by atoms with Gasteiger partial charge in [-0.1, -0.05) is 51.9 Å². The summed E-state index contributed by atoms with van der Waals surface area (Å²) in [5.74, 6) is 0.841. The van der Waals surface area contributed by atoms with Gasteiger partial charge in [-0.2, -0.15) is 0 Å². The molecule has 0 saturated heterocycles. The standard InChI is InChI=1S/C18H35NO/c1-3-19-17(16-12-8-7-9-13-16)18(20-4-2)14-10-5-6-11-15-18/h16-17,19H,3-15H2,1-2H3. The first-order valence-corrected chi connectivity index (χ1v) is 9.19. The van der Waals surface area contributed by atoms with E-state index in [1.807, 2.05) is 0 Å².